The number of nitrogen functional groups attached to an aromatic ring is 1. The van der Waals surface area contributed by atoms with E-state index in [1.807, 2.05) is 0 Å². The predicted octanol–water partition coefficient (Wildman–Crippen LogP) is 0.00700. The number of nitrogens with one attached hydrogen (secondary N) is 1. The molecule has 0 unspecified atom stereocenters. The van der Waals surface area contributed by atoms with Gasteiger partial charge in [0.1, 0.15) is 10.6 Å². The van der Waals surface area contributed by atoms with Crippen LogP contribution < -0.4 is 16.8 Å². The molecule has 0 aliphatic rings. The molecular weight excluding hydrogens is 216 g/mol. The van der Waals surface area contributed by atoms with Crippen molar-refractivity contribution in [2.75, 3.05) is 17.7 Å². The Kier molecular flexibility index (Phi) is 3.15. The van der Waals surface area contributed by atoms with Crippen molar-refractivity contribution >= 4 is 28.3 Å². The average Bonchev–Trinajstić information content (AvgIpc) is 2.46. The number of amides is 1. The van der Waals surface area contributed by atoms with E-state index in [0.29, 0.717) is 5.00 Å². The maximum atomic E-state index is 11.1. The number of carbonyl (C=O) groups excluding carboxylic acids is 1. The Morgan fingerprint density at radius 2 is 2.27 bits per heavy atom. The zero-order valence-corrected chi connectivity index (χ0v) is 9.39. The number of hydrogen-bond donors (Lipinski definition) is 4. The Morgan fingerprint density at radius 1 is 1.67 bits per heavy atom. The third kappa shape index (κ3) is 2.57. The lowest BCUT2D eigenvalue weighted by Gasteiger charge is -2.23. The molecule has 1 heterocycles. The topological polar surface area (TPSA) is 114 Å². The Morgan fingerprint density at radius 3 is 2.73 bits per heavy atom. The largest absolute Gasteiger partial charge is 0.394 e. The van der Waals surface area contributed by atoms with E-state index >= 15 is 0 Å². The zero-order valence-electron chi connectivity index (χ0n) is 8.57. The minimum atomic E-state index is -0.627. The van der Waals surface area contributed by atoms with E-state index in [1.165, 1.54) is 0 Å². The van der Waals surface area contributed by atoms with Crippen LogP contribution in [-0.2, 0) is 0 Å². The molecule has 6 nitrogen and oxygen atoms in total. The van der Waals surface area contributed by atoms with Crippen molar-refractivity contribution in [3.05, 3.63) is 5.56 Å². The van der Waals surface area contributed by atoms with Gasteiger partial charge in [-0.2, -0.15) is 4.37 Å². The number of hydrogen-bond acceptors (Lipinski definition) is 6. The highest BCUT2D eigenvalue weighted by molar-refractivity contribution is 7.11. The van der Waals surface area contributed by atoms with Gasteiger partial charge in [-0.05, 0) is 25.4 Å². The first-order valence-corrected chi connectivity index (χ1v) is 5.08. The normalized spacial score (nSPS) is 11.4. The Hall–Kier alpha value is -1.34. The molecule has 0 aromatic carbocycles. The maximum Gasteiger partial charge on any atom is 0.255 e. The fourth-order valence-electron chi connectivity index (χ4n) is 0.973. The first-order chi connectivity index (χ1) is 6.87. The summed E-state index contributed by atoms with van der Waals surface area (Å²) in [6.07, 6.45) is 0. The molecule has 0 fully saturated rings. The summed E-state index contributed by atoms with van der Waals surface area (Å²) in [5, 5.41) is 12.5. The number of nitrogens with two attached hydrogens (primary N) is 2. The molecule has 0 aliphatic heterocycles. The number of primary amides is 1. The summed E-state index contributed by atoms with van der Waals surface area (Å²) >= 11 is 1.05. The average molecular weight is 230 g/mol. The fourth-order valence-corrected chi connectivity index (χ4v) is 1.87. The van der Waals surface area contributed by atoms with Crippen molar-refractivity contribution in [3.63, 3.8) is 0 Å². The van der Waals surface area contributed by atoms with Gasteiger partial charge in [-0.15, -0.1) is 0 Å². The fraction of sp³-hybridized carbons (Fsp3) is 0.500. The first kappa shape index (κ1) is 11.7. The lowest BCUT2D eigenvalue weighted by Crippen LogP contribution is -2.35. The summed E-state index contributed by atoms with van der Waals surface area (Å²) < 4.78 is 3.83. The van der Waals surface area contributed by atoms with E-state index in [9.17, 15) is 4.79 Å². The zero-order chi connectivity index (χ0) is 11.6. The number of anilines is 2. The first-order valence-electron chi connectivity index (χ1n) is 4.31. The molecule has 84 valence electrons. The SMILES string of the molecule is CC(C)(CO)Nc1snc(N)c1C(N)=O. The third-order valence-electron chi connectivity index (χ3n) is 1.81. The number of aliphatic hydroxyl groups is 1. The van der Waals surface area contributed by atoms with Gasteiger partial charge >= 0.3 is 0 Å². The van der Waals surface area contributed by atoms with Gasteiger partial charge in [-0.1, -0.05) is 0 Å². The van der Waals surface area contributed by atoms with Crippen molar-refractivity contribution < 1.29 is 9.90 Å². The van der Waals surface area contributed by atoms with Crippen molar-refractivity contribution in [2.24, 2.45) is 5.73 Å². The maximum absolute atomic E-state index is 11.1. The van der Waals surface area contributed by atoms with Gasteiger partial charge in [0.05, 0.1) is 12.1 Å². The van der Waals surface area contributed by atoms with Crippen molar-refractivity contribution in [3.8, 4) is 0 Å². The molecule has 1 aromatic rings. The smallest absolute Gasteiger partial charge is 0.255 e. The molecule has 0 spiro atoms. The summed E-state index contributed by atoms with van der Waals surface area (Å²) in [6, 6.07) is 0. The van der Waals surface area contributed by atoms with Crippen LogP contribution in [0.25, 0.3) is 0 Å². The van der Waals surface area contributed by atoms with Crippen LogP contribution in [0.3, 0.4) is 0 Å². The van der Waals surface area contributed by atoms with Gasteiger partial charge in [-0.25, -0.2) is 0 Å². The van der Waals surface area contributed by atoms with Gasteiger partial charge < -0.3 is 21.9 Å². The highest BCUT2D eigenvalue weighted by Gasteiger charge is 2.23. The van der Waals surface area contributed by atoms with E-state index in [4.69, 9.17) is 16.6 Å². The van der Waals surface area contributed by atoms with Crippen LogP contribution in [0.4, 0.5) is 10.8 Å². The van der Waals surface area contributed by atoms with Crippen LogP contribution in [0.5, 0.6) is 0 Å². The van der Waals surface area contributed by atoms with Crippen molar-refractivity contribution in [2.45, 2.75) is 19.4 Å². The molecule has 15 heavy (non-hydrogen) atoms. The minimum Gasteiger partial charge on any atom is -0.394 e. The summed E-state index contributed by atoms with van der Waals surface area (Å²) in [5.74, 6) is -0.513. The standard InChI is InChI=1S/C8H14N4O2S/c1-8(2,3-13)11-7-4(6(10)14)5(9)12-15-7/h11,13H,3H2,1-2H3,(H2,9,12)(H2,10,14). The van der Waals surface area contributed by atoms with E-state index in [2.05, 4.69) is 9.69 Å². The molecular formula is C8H14N4O2S. The van der Waals surface area contributed by atoms with E-state index in [-0.39, 0.29) is 18.0 Å². The van der Waals surface area contributed by atoms with Crippen LogP contribution in [0.2, 0.25) is 0 Å². The summed E-state index contributed by atoms with van der Waals surface area (Å²) in [7, 11) is 0. The van der Waals surface area contributed by atoms with Crippen molar-refractivity contribution in [1.82, 2.24) is 4.37 Å². The minimum absolute atomic E-state index is 0.0804. The van der Waals surface area contributed by atoms with Gasteiger partial charge in [0.2, 0.25) is 0 Å². The summed E-state index contributed by atoms with van der Waals surface area (Å²) in [5.41, 5.74) is 10.3. The van der Waals surface area contributed by atoms with Crippen LogP contribution in [0.15, 0.2) is 0 Å². The highest BCUT2D eigenvalue weighted by atomic mass is 32.1. The summed E-state index contributed by atoms with van der Waals surface area (Å²) in [4.78, 5) is 11.1. The van der Waals surface area contributed by atoms with Gasteiger partial charge in [0.25, 0.3) is 5.91 Å². The van der Waals surface area contributed by atoms with Crippen LogP contribution in [-0.4, -0.2) is 27.5 Å². The number of rotatable bonds is 4. The number of aromatic nitrogens is 1. The molecule has 0 radical (unpaired) electrons. The molecule has 1 rings (SSSR count). The van der Waals surface area contributed by atoms with E-state index in [1.54, 1.807) is 13.8 Å². The van der Waals surface area contributed by atoms with Gasteiger partial charge in [0, 0.05) is 0 Å². The second-order valence-corrected chi connectivity index (χ2v) is 4.58. The van der Waals surface area contributed by atoms with Gasteiger partial charge in [-0.3, -0.25) is 4.79 Å². The Labute approximate surface area is 91.4 Å². The third-order valence-corrected chi connectivity index (χ3v) is 2.59. The molecule has 1 aromatic heterocycles. The predicted molar refractivity (Wildman–Crippen MR) is 59.8 cm³/mol. The second-order valence-electron chi connectivity index (χ2n) is 3.80. The molecule has 0 bridgehead atoms. The van der Waals surface area contributed by atoms with Crippen LogP contribution >= 0.6 is 11.5 Å². The number of nitrogens with zero attached hydrogens (tertiary/aromatic N) is 1. The molecule has 0 saturated heterocycles. The van der Waals surface area contributed by atoms with Crippen LogP contribution in [0.1, 0.15) is 24.2 Å². The molecule has 0 aliphatic carbocycles. The lowest BCUT2D eigenvalue weighted by atomic mass is 10.1. The van der Waals surface area contributed by atoms with Crippen molar-refractivity contribution in [1.29, 1.82) is 0 Å². The molecule has 6 N–H and O–H groups in total. The number of aliphatic hydroxyl groups excluding tert-OH is 1. The monoisotopic (exact) mass is 230 g/mol. The Balaban J connectivity index is 3.01. The molecule has 7 heteroatoms. The quantitative estimate of drug-likeness (QED) is 0.581. The van der Waals surface area contributed by atoms with Gasteiger partial charge in [0.15, 0.2) is 5.82 Å². The molecule has 1 amide bonds. The van der Waals surface area contributed by atoms with E-state index in [0.717, 1.165) is 11.5 Å². The molecule has 0 atom stereocenters. The van der Waals surface area contributed by atoms with E-state index < -0.39 is 11.4 Å². The summed E-state index contributed by atoms with van der Waals surface area (Å²) in [6.45, 7) is 3.49. The Bertz CT molecular complexity index is 375. The lowest BCUT2D eigenvalue weighted by molar-refractivity contribution is 0.100. The number of carbonyl (C=O) groups is 1. The second kappa shape index (κ2) is 4.03. The highest BCUT2D eigenvalue weighted by Crippen LogP contribution is 2.28. The van der Waals surface area contributed by atoms with Crippen LogP contribution in [0, 0.1) is 0 Å². The molecule has 0 saturated carbocycles.